The number of aromatic nitrogens is 1. The van der Waals surface area contributed by atoms with Crippen molar-refractivity contribution in [3.05, 3.63) is 28.7 Å². The first-order chi connectivity index (χ1) is 8.60. The lowest BCUT2D eigenvalue weighted by molar-refractivity contribution is 0.538. The van der Waals surface area contributed by atoms with Crippen LogP contribution in [0.25, 0.3) is 11.1 Å². The Morgan fingerprint density at radius 1 is 1.50 bits per heavy atom. The van der Waals surface area contributed by atoms with Crippen LogP contribution in [0.4, 0.5) is 5.69 Å². The van der Waals surface area contributed by atoms with Gasteiger partial charge in [-0.2, -0.15) is 0 Å². The second kappa shape index (κ2) is 5.27. The molecule has 0 bridgehead atoms. The second-order valence-electron chi connectivity index (χ2n) is 4.76. The van der Waals surface area contributed by atoms with Gasteiger partial charge in [-0.1, -0.05) is 6.92 Å². The Bertz CT molecular complexity index is 573. The Labute approximate surface area is 106 Å². The quantitative estimate of drug-likeness (QED) is 0.843. The number of hydrogen-bond acceptors (Lipinski definition) is 4. The van der Waals surface area contributed by atoms with Gasteiger partial charge in [0.15, 0.2) is 5.58 Å². The highest BCUT2D eigenvalue weighted by atomic mass is 16.4. The van der Waals surface area contributed by atoms with Gasteiger partial charge in [-0.3, -0.25) is 4.98 Å². The summed E-state index contributed by atoms with van der Waals surface area (Å²) in [6, 6.07) is 5.71. The summed E-state index contributed by atoms with van der Waals surface area (Å²) in [6.07, 6.45) is 1.01. The molecule has 0 saturated carbocycles. The maximum absolute atomic E-state index is 11.1. The van der Waals surface area contributed by atoms with Crippen molar-refractivity contribution < 1.29 is 4.42 Å². The molecule has 1 aromatic heterocycles. The minimum absolute atomic E-state index is 0.415. The number of aromatic amines is 1. The minimum Gasteiger partial charge on any atom is -0.408 e. The van der Waals surface area contributed by atoms with Crippen molar-refractivity contribution in [3.8, 4) is 0 Å². The third-order valence-electron chi connectivity index (χ3n) is 3.09. The van der Waals surface area contributed by atoms with E-state index < -0.39 is 5.76 Å². The maximum Gasteiger partial charge on any atom is 0.417 e. The van der Waals surface area contributed by atoms with E-state index in [-0.39, 0.29) is 0 Å². The van der Waals surface area contributed by atoms with Crippen molar-refractivity contribution in [1.82, 2.24) is 4.98 Å². The van der Waals surface area contributed by atoms with Crippen LogP contribution in [0.5, 0.6) is 0 Å². The molecule has 0 aliphatic rings. The van der Waals surface area contributed by atoms with Crippen molar-refractivity contribution >= 4 is 16.8 Å². The van der Waals surface area contributed by atoms with Crippen molar-refractivity contribution in [3.63, 3.8) is 0 Å². The van der Waals surface area contributed by atoms with E-state index in [2.05, 4.69) is 16.8 Å². The zero-order chi connectivity index (χ0) is 13.1. The number of nitrogens with one attached hydrogen (secondary N) is 1. The summed E-state index contributed by atoms with van der Waals surface area (Å²) in [4.78, 5) is 15.9. The molecule has 5 nitrogen and oxygen atoms in total. The van der Waals surface area contributed by atoms with E-state index in [1.165, 1.54) is 0 Å². The van der Waals surface area contributed by atoms with Gasteiger partial charge in [-0.05, 0) is 31.0 Å². The molecular weight excluding hydrogens is 230 g/mol. The van der Waals surface area contributed by atoms with E-state index in [1.54, 1.807) is 0 Å². The molecular formula is C13H19N3O2. The Hall–Kier alpha value is -1.75. The predicted molar refractivity (Wildman–Crippen MR) is 72.9 cm³/mol. The molecule has 1 heterocycles. The van der Waals surface area contributed by atoms with Crippen LogP contribution in [0, 0.1) is 5.92 Å². The molecule has 98 valence electrons. The van der Waals surface area contributed by atoms with E-state index >= 15 is 0 Å². The molecule has 0 spiro atoms. The molecule has 0 amide bonds. The van der Waals surface area contributed by atoms with Gasteiger partial charge in [0.2, 0.25) is 0 Å². The molecule has 5 heteroatoms. The lowest BCUT2D eigenvalue weighted by atomic mass is 10.1. The first-order valence-electron chi connectivity index (χ1n) is 6.14. The van der Waals surface area contributed by atoms with Crippen LogP contribution in [0.1, 0.15) is 13.3 Å². The number of hydrogen-bond donors (Lipinski definition) is 2. The molecule has 0 radical (unpaired) electrons. The normalized spacial score (nSPS) is 12.8. The molecule has 0 saturated heterocycles. The largest absolute Gasteiger partial charge is 0.417 e. The maximum atomic E-state index is 11.1. The molecule has 3 N–H and O–H groups in total. The van der Waals surface area contributed by atoms with Crippen molar-refractivity contribution in [1.29, 1.82) is 0 Å². The average Bonchev–Trinajstić information content (AvgIpc) is 2.68. The van der Waals surface area contributed by atoms with E-state index in [1.807, 2.05) is 25.2 Å². The molecule has 0 fully saturated rings. The SMILES string of the molecule is CC(CCN)CN(C)c1ccc2[nH]c(=O)oc2c1. The van der Waals surface area contributed by atoms with Crippen LogP contribution < -0.4 is 16.4 Å². The van der Waals surface area contributed by atoms with Gasteiger partial charge in [-0.15, -0.1) is 0 Å². The number of anilines is 1. The number of benzene rings is 1. The summed E-state index contributed by atoms with van der Waals surface area (Å²) in [5, 5.41) is 0. The topological polar surface area (TPSA) is 75.3 Å². The van der Waals surface area contributed by atoms with Gasteiger partial charge < -0.3 is 15.1 Å². The fourth-order valence-corrected chi connectivity index (χ4v) is 2.12. The van der Waals surface area contributed by atoms with Gasteiger partial charge in [0, 0.05) is 25.3 Å². The average molecular weight is 249 g/mol. The molecule has 0 aliphatic carbocycles. The molecule has 1 unspecified atom stereocenters. The summed E-state index contributed by atoms with van der Waals surface area (Å²) >= 11 is 0. The third-order valence-corrected chi connectivity index (χ3v) is 3.09. The lowest BCUT2D eigenvalue weighted by Gasteiger charge is -2.23. The van der Waals surface area contributed by atoms with Crippen LogP contribution in [0.3, 0.4) is 0 Å². The summed E-state index contributed by atoms with van der Waals surface area (Å²) in [6.45, 7) is 3.82. The molecule has 0 aliphatic heterocycles. The standard InChI is InChI=1S/C13H19N3O2/c1-9(5-6-14)8-16(2)10-3-4-11-12(7-10)18-13(17)15-11/h3-4,7,9H,5-6,8,14H2,1-2H3,(H,15,17). The first-order valence-corrected chi connectivity index (χ1v) is 6.14. The molecule has 1 aromatic carbocycles. The van der Waals surface area contributed by atoms with Crippen LogP contribution in [0.15, 0.2) is 27.4 Å². The van der Waals surface area contributed by atoms with E-state index in [0.29, 0.717) is 18.0 Å². The Balaban J connectivity index is 2.17. The zero-order valence-corrected chi connectivity index (χ0v) is 10.8. The lowest BCUT2D eigenvalue weighted by Crippen LogP contribution is -2.25. The van der Waals surface area contributed by atoms with Crippen LogP contribution in [-0.4, -0.2) is 25.1 Å². The number of fused-ring (bicyclic) bond motifs is 1. The third kappa shape index (κ3) is 2.73. The molecule has 1 atom stereocenters. The van der Waals surface area contributed by atoms with E-state index in [0.717, 1.165) is 24.2 Å². The van der Waals surface area contributed by atoms with Gasteiger partial charge in [0.05, 0.1) is 5.52 Å². The van der Waals surface area contributed by atoms with Crippen LogP contribution in [0.2, 0.25) is 0 Å². The fourth-order valence-electron chi connectivity index (χ4n) is 2.12. The van der Waals surface area contributed by atoms with Crippen molar-refractivity contribution in [2.24, 2.45) is 11.7 Å². The zero-order valence-electron chi connectivity index (χ0n) is 10.8. The van der Waals surface area contributed by atoms with Crippen LogP contribution >= 0.6 is 0 Å². The van der Waals surface area contributed by atoms with Crippen molar-refractivity contribution in [2.75, 3.05) is 25.0 Å². The predicted octanol–water partition coefficient (Wildman–Crippen LogP) is 1.54. The second-order valence-corrected chi connectivity index (χ2v) is 4.76. The molecule has 18 heavy (non-hydrogen) atoms. The summed E-state index contributed by atoms with van der Waals surface area (Å²) in [7, 11) is 2.03. The summed E-state index contributed by atoms with van der Waals surface area (Å²) < 4.78 is 5.05. The summed E-state index contributed by atoms with van der Waals surface area (Å²) in [5.74, 6) is 0.121. The van der Waals surface area contributed by atoms with E-state index in [9.17, 15) is 4.79 Å². The van der Waals surface area contributed by atoms with E-state index in [4.69, 9.17) is 10.2 Å². The highest BCUT2D eigenvalue weighted by Gasteiger charge is 2.09. The smallest absolute Gasteiger partial charge is 0.408 e. The fraction of sp³-hybridized carbons (Fsp3) is 0.462. The van der Waals surface area contributed by atoms with Gasteiger partial charge in [0.1, 0.15) is 0 Å². The Kier molecular flexibility index (Phi) is 3.72. The number of H-pyrrole nitrogens is 1. The van der Waals surface area contributed by atoms with Crippen molar-refractivity contribution in [2.45, 2.75) is 13.3 Å². The van der Waals surface area contributed by atoms with Gasteiger partial charge in [0.25, 0.3) is 0 Å². The van der Waals surface area contributed by atoms with Crippen LogP contribution in [-0.2, 0) is 0 Å². The van der Waals surface area contributed by atoms with Gasteiger partial charge >= 0.3 is 5.76 Å². The highest BCUT2D eigenvalue weighted by Crippen LogP contribution is 2.20. The number of oxazole rings is 1. The first kappa shape index (κ1) is 12.7. The monoisotopic (exact) mass is 249 g/mol. The molecule has 2 aromatic rings. The number of nitrogens with zero attached hydrogens (tertiary/aromatic N) is 1. The number of nitrogens with two attached hydrogens (primary N) is 1. The minimum atomic E-state index is -0.415. The Morgan fingerprint density at radius 2 is 2.28 bits per heavy atom. The highest BCUT2D eigenvalue weighted by molar-refractivity contribution is 5.76. The summed E-state index contributed by atoms with van der Waals surface area (Å²) in [5.41, 5.74) is 7.91. The Morgan fingerprint density at radius 3 is 3.00 bits per heavy atom. The van der Waals surface area contributed by atoms with Gasteiger partial charge in [-0.25, -0.2) is 4.79 Å². The number of rotatable bonds is 5. The molecule has 2 rings (SSSR count).